The van der Waals surface area contributed by atoms with Gasteiger partial charge in [0.15, 0.2) is 0 Å². The highest BCUT2D eigenvalue weighted by molar-refractivity contribution is 7.71. The smallest absolute Gasteiger partial charge is 0.217 e. The molecule has 0 amide bonds. The van der Waals surface area contributed by atoms with Crippen LogP contribution in [0.15, 0.2) is 16.5 Å². The zero-order valence-corrected chi connectivity index (χ0v) is 13.9. The average molecular weight is 318 g/mol. The number of hydrogen-bond acceptors (Lipinski definition) is 4. The molecule has 3 heterocycles. The number of aromatic nitrogens is 3. The van der Waals surface area contributed by atoms with Crippen LogP contribution in [-0.2, 0) is 6.67 Å². The van der Waals surface area contributed by atoms with Gasteiger partial charge in [-0.05, 0) is 68.7 Å². The van der Waals surface area contributed by atoms with E-state index in [-0.39, 0.29) is 0 Å². The Balaban J connectivity index is 1.68. The topological polar surface area (TPSA) is 50.0 Å². The molecule has 0 aromatic carbocycles. The van der Waals surface area contributed by atoms with Crippen molar-refractivity contribution in [1.82, 2.24) is 19.7 Å². The number of rotatable bonds is 4. The predicted octanol–water partition coefficient (Wildman–Crippen LogP) is 3.70. The summed E-state index contributed by atoms with van der Waals surface area (Å²) in [5.41, 5.74) is 0. The third kappa shape index (κ3) is 3.75. The summed E-state index contributed by atoms with van der Waals surface area (Å²) in [4.78, 5) is 6.81. The highest BCUT2D eigenvalue weighted by Crippen LogP contribution is 2.16. The van der Waals surface area contributed by atoms with E-state index in [0.29, 0.717) is 4.77 Å². The molecule has 0 saturated carbocycles. The minimum atomic E-state index is 0.591. The zero-order valence-electron chi connectivity index (χ0n) is 13.1. The van der Waals surface area contributed by atoms with Gasteiger partial charge in [0.25, 0.3) is 0 Å². The molecule has 2 aromatic rings. The third-order valence-corrected chi connectivity index (χ3v) is 4.26. The highest BCUT2D eigenvalue weighted by Gasteiger charge is 2.16. The zero-order chi connectivity index (χ0) is 15.5. The van der Waals surface area contributed by atoms with Gasteiger partial charge in [0.1, 0.15) is 17.3 Å². The SMILES string of the molecule is Cc1ccc(/C=C/c2nc(=S)n(CN3CCCC(C)C3)[nH]2)o1. The normalized spacial score (nSPS) is 20.0. The fourth-order valence-electron chi connectivity index (χ4n) is 2.86. The molecule has 0 bridgehead atoms. The number of hydrogen-bond donors (Lipinski definition) is 1. The quantitative estimate of drug-likeness (QED) is 0.873. The van der Waals surface area contributed by atoms with E-state index in [4.69, 9.17) is 16.6 Å². The molecule has 22 heavy (non-hydrogen) atoms. The third-order valence-electron chi connectivity index (χ3n) is 3.95. The fraction of sp³-hybridized carbons (Fsp3) is 0.500. The molecule has 2 aromatic heterocycles. The number of nitrogens with zero attached hydrogens (tertiary/aromatic N) is 3. The first kappa shape index (κ1) is 15.2. The van der Waals surface area contributed by atoms with E-state index in [9.17, 15) is 0 Å². The molecular formula is C16H22N4OS. The maximum Gasteiger partial charge on any atom is 0.217 e. The Morgan fingerprint density at radius 3 is 3.05 bits per heavy atom. The Bertz CT molecular complexity index is 712. The van der Waals surface area contributed by atoms with Crippen molar-refractivity contribution in [2.45, 2.75) is 33.4 Å². The first-order valence-electron chi connectivity index (χ1n) is 7.74. The van der Waals surface area contributed by atoms with Crippen LogP contribution in [0, 0.1) is 17.6 Å². The molecule has 1 atom stereocenters. The van der Waals surface area contributed by atoms with Crippen LogP contribution in [-0.4, -0.2) is 32.8 Å². The number of nitrogens with one attached hydrogen (secondary N) is 1. The Morgan fingerprint density at radius 2 is 2.32 bits per heavy atom. The van der Waals surface area contributed by atoms with Gasteiger partial charge in [-0.3, -0.25) is 10.00 Å². The molecule has 5 nitrogen and oxygen atoms in total. The van der Waals surface area contributed by atoms with Gasteiger partial charge >= 0.3 is 0 Å². The first-order chi connectivity index (χ1) is 10.6. The molecule has 3 rings (SSSR count). The molecule has 1 unspecified atom stereocenters. The van der Waals surface area contributed by atoms with Crippen molar-refractivity contribution in [3.63, 3.8) is 0 Å². The second kappa shape index (κ2) is 6.62. The van der Waals surface area contributed by atoms with Crippen LogP contribution in [0.3, 0.4) is 0 Å². The molecule has 1 N–H and O–H groups in total. The Hall–Kier alpha value is -1.66. The van der Waals surface area contributed by atoms with E-state index in [1.807, 2.05) is 35.9 Å². The molecule has 1 aliphatic rings. The van der Waals surface area contributed by atoms with E-state index in [0.717, 1.165) is 43.0 Å². The Morgan fingerprint density at radius 1 is 1.45 bits per heavy atom. The summed E-state index contributed by atoms with van der Waals surface area (Å²) in [5.74, 6) is 3.23. The van der Waals surface area contributed by atoms with Gasteiger partial charge < -0.3 is 4.42 Å². The minimum absolute atomic E-state index is 0.591. The molecule has 6 heteroatoms. The van der Waals surface area contributed by atoms with E-state index >= 15 is 0 Å². The second-order valence-corrected chi connectivity index (χ2v) is 6.43. The van der Waals surface area contributed by atoms with Crippen molar-refractivity contribution in [3.8, 4) is 0 Å². The average Bonchev–Trinajstić information content (AvgIpc) is 3.03. The lowest BCUT2D eigenvalue weighted by Gasteiger charge is -2.30. The summed E-state index contributed by atoms with van der Waals surface area (Å²) in [6.07, 6.45) is 6.37. The molecular weight excluding hydrogens is 296 g/mol. The van der Waals surface area contributed by atoms with Gasteiger partial charge in [0, 0.05) is 6.54 Å². The van der Waals surface area contributed by atoms with Gasteiger partial charge in [-0.2, -0.15) is 4.98 Å². The number of likely N-dealkylation sites (tertiary alicyclic amines) is 1. The van der Waals surface area contributed by atoms with Crippen molar-refractivity contribution in [2.75, 3.05) is 13.1 Å². The van der Waals surface area contributed by atoms with Crippen molar-refractivity contribution in [1.29, 1.82) is 0 Å². The standard InChI is InChI=1S/C16H22N4OS/c1-12-4-3-9-19(10-12)11-20-16(22)17-15(18-20)8-7-14-6-5-13(2)21-14/h5-8,12H,3-4,9-11H2,1-2H3,(H,17,18,22)/b8-7+. The molecule has 0 spiro atoms. The van der Waals surface area contributed by atoms with Crippen molar-refractivity contribution in [3.05, 3.63) is 34.2 Å². The summed E-state index contributed by atoms with van der Waals surface area (Å²) in [6.45, 7) is 7.26. The van der Waals surface area contributed by atoms with Crippen LogP contribution in [0.1, 0.15) is 37.1 Å². The highest BCUT2D eigenvalue weighted by atomic mass is 32.1. The molecule has 1 aliphatic heterocycles. The fourth-order valence-corrected chi connectivity index (χ4v) is 3.07. The lowest BCUT2D eigenvalue weighted by molar-refractivity contribution is 0.138. The minimum Gasteiger partial charge on any atom is -0.462 e. The maximum atomic E-state index is 5.51. The van der Waals surface area contributed by atoms with Gasteiger partial charge in [0.05, 0.1) is 6.67 Å². The van der Waals surface area contributed by atoms with Gasteiger partial charge in [-0.15, -0.1) is 0 Å². The largest absolute Gasteiger partial charge is 0.462 e. The lowest BCUT2D eigenvalue weighted by atomic mass is 10.0. The van der Waals surface area contributed by atoms with Crippen LogP contribution in [0.5, 0.6) is 0 Å². The van der Waals surface area contributed by atoms with Gasteiger partial charge in [-0.25, -0.2) is 4.68 Å². The summed E-state index contributed by atoms with van der Waals surface area (Å²) >= 11 is 5.34. The number of H-pyrrole nitrogens is 1. The molecule has 0 radical (unpaired) electrons. The van der Waals surface area contributed by atoms with Crippen LogP contribution in [0.4, 0.5) is 0 Å². The molecule has 1 fully saturated rings. The summed E-state index contributed by atoms with van der Waals surface area (Å²) < 4.78 is 8.03. The predicted molar refractivity (Wildman–Crippen MR) is 89.8 cm³/mol. The second-order valence-electron chi connectivity index (χ2n) is 6.07. The number of furan rings is 1. The van der Waals surface area contributed by atoms with E-state index in [1.54, 1.807) is 0 Å². The summed E-state index contributed by atoms with van der Waals surface area (Å²) in [6, 6.07) is 3.88. The van der Waals surface area contributed by atoms with Crippen molar-refractivity contribution >= 4 is 24.4 Å². The number of aromatic amines is 1. The van der Waals surface area contributed by atoms with E-state index in [1.165, 1.54) is 12.8 Å². The van der Waals surface area contributed by atoms with Crippen molar-refractivity contribution < 1.29 is 4.42 Å². The first-order valence-corrected chi connectivity index (χ1v) is 8.15. The van der Waals surface area contributed by atoms with Crippen LogP contribution in [0.2, 0.25) is 0 Å². The summed E-state index contributed by atoms with van der Waals surface area (Å²) in [7, 11) is 0. The van der Waals surface area contributed by atoms with E-state index < -0.39 is 0 Å². The van der Waals surface area contributed by atoms with E-state index in [2.05, 4.69) is 21.9 Å². The van der Waals surface area contributed by atoms with Crippen molar-refractivity contribution in [2.24, 2.45) is 5.92 Å². The maximum absolute atomic E-state index is 5.51. The molecule has 1 saturated heterocycles. The molecule has 0 aliphatic carbocycles. The lowest BCUT2D eigenvalue weighted by Crippen LogP contribution is -2.36. The van der Waals surface area contributed by atoms with Crippen LogP contribution in [0.25, 0.3) is 12.2 Å². The monoisotopic (exact) mass is 318 g/mol. The van der Waals surface area contributed by atoms with Crippen LogP contribution >= 0.6 is 12.2 Å². The van der Waals surface area contributed by atoms with Gasteiger partial charge in [0.2, 0.25) is 4.77 Å². The Labute approximate surface area is 135 Å². The van der Waals surface area contributed by atoms with Crippen LogP contribution < -0.4 is 0 Å². The summed E-state index contributed by atoms with van der Waals surface area (Å²) in [5, 5.41) is 3.25. The number of aryl methyl sites for hydroxylation is 1. The number of piperidine rings is 1. The molecule has 118 valence electrons. The van der Waals surface area contributed by atoms with Gasteiger partial charge in [-0.1, -0.05) is 6.92 Å². The Kier molecular flexibility index (Phi) is 4.59.